The highest BCUT2D eigenvalue weighted by atomic mass is 19.4. The van der Waals surface area contributed by atoms with Crippen molar-refractivity contribution in [1.29, 1.82) is 0 Å². The van der Waals surface area contributed by atoms with Crippen LogP contribution in [0.5, 0.6) is 0 Å². The average Bonchev–Trinajstić information content (AvgIpc) is 2.56. The summed E-state index contributed by atoms with van der Waals surface area (Å²) in [5, 5.41) is 2.27. The molecule has 0 radical (unpaired) electrons. The van der Waals surface area contributed by atoms with Crippen molar-refractivity contribution in [3.8, 4) is 0 Å². The van der Waals surface area contributed by atoms with Gasteiger partial charge in [-0.1, -0.05) is 18.2 Å². The lowest BCUT2D eigenvalue weighted by atomic mass is 10.1. The Labute approximate surface area is 146 Å². The molecule has 1 N–H and O–H groups in total. The predicted molar refractivity (Wildman–Crippen MR) is 85.7 cm³/mol. The topological polar surface area (TPSA) is 55.4 Å². The minimum atomic E-state index is -4.53. The first kappa shape index (κ1) is 19.4. The number of amides is 1. The van der Waals surface area contributed by atoms with Crippen LogP contribution in [-0.2, 0) is 26.9 Å². The van der Waals surface area contributed by atoms with Crippen LogP contribution < -0.4 is 5.32 Å². The van der Waals surface area contributed by atoms with Gasteiger partial charge in [0.25, 0.3) is 5.91 Å². The Kier molecular flexibility index (Phi) is 5.97. The molecule has 0 aliphatic carbocycles. The van der Waals surface area contributed by atoms with Gasteiger partial charge in [0.2, 0.25) is 0 Å². The second-order valence-corrected chi connectivity index (χ2v) is 5.50. The predicted octanol–water partition coefficient (Wildman–Crippen LogP) is 3.96. The molecule has 0 aliphatic heterocycles. The summed E-state index contributed by atoms with van der Waals surface area (Å²) in [7, 11) is 0. The van der Waals surface area contributed by atoms with Gasteiger partial charge in [-0.3, -0.25) is 9.59 Å². The number of carbonyl (C=O) groups is 2. The number of halogens is 4. The molecule has 0 saturated heterocycles. The third-order valence-corrected chi connectivity index (χ3v) is 3.40. The fourth-order valence-corrected chi connectivity index (χ4v) is 2.08. The lowest BCUT2D eigenvalue weighted by molar-refractivity contribution is -0.152. The van der Waals surface area contributed by atoms with Crippen LogP contribution in [-0.4, -0.2) is 18.0 Å². The van der Waals surface area contributed by atoms with E-state index >= 15 is 0 Å². The highest BCUT2D eigenvalue weighted by molar-refractivity contribution is 5.95. The number of rotatable bonds is 5. The van der Waals surface area contributed by atoms with Gasteiger partial charge in [0.05, 0.1) is 12.0 Å². The van der Waals surface area contributed by atoms with Crippen molar-refractivity contribution < 1.29 is 31.9 Å². The SMILES string of the molecule is CC(OC(=O)Cc1ccc(F)cc1)C(=O)Nc1cccc(C(F)(F)F)c1. The lowest BCUT2D eigenvalue weighted by Gasteiger charge is -2.14. The van der Waals surface area contributed by atoms with E-state index in [2.05, 4.69) is 5.32 Å². The van der Waals surface area contributed by atoms with E-state index in [1.165, 1.54) is 37.3 Å². The van der Waals surface area contributed by atoms with Crippen molar-refractivity contribution >= 4 is 17.6 Å². The molecule has 0 spiro atoms. The summed E-state index contributed by atoms with van der Waals surface area (Å²) in [6.45, 7) is 1.30. The van der Waals surface area contributed by atoms with Gasteiger partial charge in [-0.25, -0.2) is 4.39 Å². The molecule has 8 heteroatoms. The van der Waals surface area contributed by atoms with Gasteiger partial charge in [0.1, 0.15) is 5.82 Å². The van der Waals surface area contributed by atoms with Crippen molar-refractivity contribution in [1.82, 2.24) is 0 Å². The van der Waals surface area contributed by atoms with E-state index in [1.807, 2.05) is 0 Å². The first-order chi connectivity index (χ1) is 12.1. The van der Waals surface area contributed by atoms with Crippen molar-refractivity contribution in [2.75, 3.05) is 5.32 Å². The van der Waals surface area contributed by atoms with Crippen LogP contribution in [0.3, 0.4) is 0 Å². The Morgan fingerprint density at radius 2 is 1.77 bits per heavy atom. The Balaban J connectivity index is 1.93. The maximum Gasteiger partial charge on any atom is 0.416 e. The molecular formula is C18H15F4NO3. The minimum absolute atomic E-state index is 0.0636. The zero-order valence-electron chi connectivity index (χ0n) is 13.6. The highest BCUT2D eigenvalue weighted by Crippen LogP contribution is 2.30. The molecule has 138 valence electrons. The molecule has 0 heterocycles. The summed E-state index contributed by atoms with van der Waals surface area (Å²) in [6.07, 6.45) is -5.91. The fourth-order valence-electron chi connectivity index (χ4n) is 2.08. The van der Waals surface area contributed by atoms with Crippen LogP contribution in [0.25, 0.3) is 0 Å². The standard InChI is InChI=1S/C18H15F4NO3/c1-11(26-16(24)9-12-5-7-14(19)8-6-12)17(25)23-15-4-2-3-13(10-15)18(20,21)22/h2-8,10-11H,9H2,1H3,(H,23,25). The number of anilines is 1. The lowest BCUT2D eigenvalue weighted by Crippen LogP contribution is -2.30. The zero-order chi connectivity index (χ0) is 19.3. The summed E-state index contributed by atoms with van der Waals surface area (Å²) < 4.78 is 55.7. The highest BCUT2D eigenvalue weighted by Gasteiger charge is 2.30. The molecule has 26 heavy (non-hydrogen) atoms. The molecule has 2 rings (SSSR count). The van der Waals surface area contributed by atoms with Gasteiger partial charge < -0.3 is 10.1 Å². The van der Waals surface area contributed by atoms with E-state index in [1.54, 1.807) is 0 Å². The maximum atomic E-state index is 12.8. The summed E-state index contributed by atoms with van der Waals surface area (Å²) in [6, 6.07) is 9.29. The molecule has 2 aromatic rings. The van der Waals surface area contributed by atoms with Crippen LogP contribution >= 0.6 is 0 Å². The minimum Gasteiger partial charge on any atom is -0.452 e. The number of benzene rings is 2. The third-order valence-electron chi connectivity index (χ3n) is 3.40. The summed E-state index contributed by atoms with van der Waals surface area (Å²) >= 11 is 0. The number of ether oxygens (including phenoxy) is 1. The number of hydrogen-bond acceptors (Lipinski definition) is 3. The fraction of sp³-hybridized carbons (Fsp3) is 0.222. The van der Waals surface area contributed by atoms with Gasteiger partial charge >= 0.3 is 12.1 Å². The van der Waals surface area contributed by atoms with Crippen LogP contribution in [0.4, 0.5) is 23.2 Å². The van der Waals surface area contributed by atoms with Crippen molar-refractivity contribution in [2.24, 2.45) is 0 Å². The average molecular weight is 369 g/mol. The number of alkyl halides is 3. The molecule has 0 fully saturated rings. The Hall–Kier alpha value is -2.90. The first-order valence-electron chi connectivity index (χ1n) is 7.57. The number of esters is 1. The quantitative estimate of drug-likeness (QED) is 0.641. The Morgan fingerprint density at radius 1 is 1.12 bits per heavy atom. The monoisotopic (exact) mass is 369 g/mol. The molecule has 0 aromatic heterocycles. The van der Waals surface area contributed by atoms with E-state index < -0.39 is 35.5 Å². The summed E-state index contributed by atoms with van der Waals surface area (Å²) in [5.41, 5.74) is -0.468. The Morgan fingerprint density at radius 3 is 2.38 bits per heavy atom. The van der Waals surface area contributed by atoms with Crippen LogP contribution in [0.15, 0.2) is 48.5 Å². The van der Waals surface area contributed by atoms with E-state index in [4.69, 9.17) is 4.74 Å². The molecule has 0 saturated carbocycles. The largest absolute Gasteiger partial charge is 0.452 e. The van der Waals surface area contributed by atoms with Crippen molar-refractivity contribution in [3.05, 3.63) is 65.5 Å². The maximum absolute atomic E-state index is 12.8. The van der Waals surface area contributed by atoms with Gasteiger partial charge in [0, 0.05) is 5.69 Å². The number of nitrogens with one attached hydrogen (secondary N) is 1. The summed E-state index contributed by atoms with van der Waals surface area (Å²) in [4.78, 5) is 23.8. The number of carbonyl (C=O) groups excluding carboxylic acids is 2. The van der Waals surface area contributed by atoms with E-state index in [-0.39, 0.29) is 12.1 Å². The van der Waals surface area contributed by atoms with Crippen molar-refractivity contribution in [3.63, 3.8) is 0 Å². The molecule has 1 atom stereocenters. The third kappa shape index (κ3) is 5.58. The smallest absolute Gasteiger partial charge is 0.416 e. The molecular weight excluding hydrogens is 354 g/mol. The first-order valence-corrected chi connectivity index (χ1v) is 7.57. The van der Waals surface area contributed by atoms with Crippen LogP contribution in [0.1, 0.15) is 18.1 Å². The van der Waals surface area contributed by atoms with E-state index in [0.717, 1.165) is 18.2 Å². The van der Waals surface area contributed by atoms with Crippen LogP contribution in [0, 0.1) is 5.82 Å². The van der Waals surface area contributed by atoms with E-state index in [9.17, 15) is 27.2 Å². The van der Waals surface area contributed by atoms with Crippen molar-refractivity contribution in [2.45, 2.75) is 25.6 Å². The number of hydrogen-bond donors (Lipinski definition) is 1. The second-order valence-electron chi connectivity index (χ2n) is 5.50. The Bertz CT molecular complexity index is 788. The zero-order valence-corrected chi connectivity index (χ0v) is 13.6. The van der Waals surface area contributed by atoms with Crippen LogP contribution in [0.2, 0.25) is 0 Å². The normalized spacial score (nSPS) is 12.3. The molecule has 4 nitrogen and oxygen atoms in total. The van der Waals surface area contributed by atoms with Gasteiger partial charge in [-0.05, 0) is 42.8 Å². The second kappa shape index (κ2) is 7.99. The molecule has 0 aliphatic rings. The van der Waals surface area contributed by atoms with Gasteiger partial charge in [-0.2, -0.15) is 13.2 Å². The van der Waals surface area contributed by atoms with Gasteiger partial charge in [0.15, 0.2) is 6.10 Å². The summed E-state index contributed by atoms with van der Waals surface area (Å²) in [5.74, 6) is -1.93. The molecule has 0 bridgehead atoms. The van der Waals surface area contributed by atoms with E-state index in [0.29, 0.717) is 5.56 Å². The molecule has 2 aromatic carbocycles. The molecule has 1 unspecified atom stereocenters. The molecule has 1 amide bonds. The van der Waals surface area contributed by atoms with Gasteiger partial charge in [-0.15, -0.1) is 0 Å².